The summed E-state index contributed by atoms with van der Waals surface area (Å²) < 4.78 is 0. The van der Waals surface area contributed by atoms with E-state index in [2.05, 4.69) is 67.2 Å². The summed E-state index contributed by atoms with van der Waals surface area (Å²) in [6.07, 6.45) is 12.6. The van der Waals surface area contributed by atoms with Gasteiger partial charge < -0.3 is 0 Å². The van der Waals surface area contributed by atoms with Crippen LogP contribution in [0.25, 0.3) is 0 Å². The smallest absolute Gasteiger partial charge is 0.0113 e. The largest absolute Gasteiger partial charge is 0.0993 e. The normalized spacial score (nSPS) is 19.2. The Morgan fingerprint density at radius 2 is 1.74 bits per heavy atom. The maximum atomic E-state index is 4.43. The Balaban J connectivity index is 0. The second-order valence-electron chi connectivity index (χ2n) is 8.88. The second-order valence-corrected chi connectivity index (χ2v) is 8.88. The fourth-order valence-corrected chi connectivity index (χ4v) is 3.53. The van der Waals surface area contributed by atoms with Crippen molar-refractivity contribution < 1.29 is 0 Å². The van der Waals surface area contributed by atoms with Gasteiger partial charge in [0.25, 0.3) is 0 Å². The molecule has 0 aromatic carbocycles. The molecule has 0 bridgehead atoms. The first kappa shape index (κ1) is 28.4. The van der Waals surface area contributed by atoms with E-state index in [1.54, 1.807) is 5.57 Å². The van der Waals surface area contributed by atoms with E-state index in [0.29, 0.717) is 5.92 Å². The van der Waals surface area contributed by atoms with E-state index >= 15 is 0 Å². The highest BCUT2D eigenvalue weighted by Gasteiger charge is 2.25. The van der Waals surface area contributed by atoms with Crippen molar-refractivity contribution in [3.8, 4) is 0 Å². The van der Waals surface area contributed by atoms with Crippen LogP contribution in [0, 0.1) is 23.2 Å². The van der Waals surface area contributed by atoms with Gasteiger partial charge in [0.15, 0.2) is 0 Å². The second kappa shape index (κ2) is 15.2. The van der Waals surface area contributed by atoms with Gasteiger partial charge >= 0.3 is 0 Å². The number of allylic oxidation sites excluding steroid dienone is 5. The predicted molar refractivity (Wildman–Crippen MR) is 128 cm³/mol. The van der Waals surface area contributed by atoms with E-state index in [4.69, 9.17) is 0 Å². The summed E-state index contributed by atoms with van der Waals surface area (Å²) >= 11 is 0. The lowest BCUT2D eigenvalue weighted by Gasteiger charge is -2.32. The molecule has 0 saturated heterocycles. The van der Waals surface area contributed by atoms with Gasteiger partial charge in [0, 0.05) is 0 Å². The molecule has 0 aromatic heterocycles. The van der Waals surface area contributed by atoms with Gasteiger partial charge in [-0.1, -0.05) is 104 Å². The fraction of sp³-hybridized carbons (Fsp3) is 0.778. The quantitative estimate of drug-likeness (QED) is 0.370. The van der Waals surface area contributed by atoms with Crippen LogP contribution in [0.2, 0.25) is 0 Å². The molecule has 0 radical (unpaired) electrons. The molecule has 1 aliphatic rings. The van der Waals surface area contributed by atoms with Crippen molar-refractivity contribution in [2.45, 2.75) is 115 Å². The minimum absolute atomic E-state index is 0.223. The predicted octanol–water partition coefficient (Wildman–Crippen LogP) is 9.78. The molecule has 0 heteroatoms. The molecule has 2 atom stereocenters. The van der Waals surface area contributed by atoms with Crippen molar-refractivity contribution in [1.82, 2.24) is 0 Å². The molecule has 0 spiro atoms. The van der Waals surface area contributed by atoms with Crippen LogP contribution < -0.4 is 0 Å². The van der Waals surface area contributed by atoms with Gasteiger partial charge in [-0.2, -0.15) is 0 Å². The van der Waals surface area contributed by atoms with Crippen LogP contribution >= 0.6 is 0 Å². The molecule has 0 nitrogen and oxygen atoms in total. The summed E-state index contributed by atoms with van der Waals surface area (Å²) in [5.41, 5.74) is 4.75. The van der Waals surface area contributed by atoms with Crippen molar-refractivity contribution in [1.29, 1.82) is 0 Å². The number of hydrogen-bond acceptors (Lipinski definition) is 0. The average molecular weight is 377 g/mol. The van der Waals surface area contributed by atoms with Crippen LogP contribution in [0.5, 0.6) is 0 Å². The Labute approximate surface area is 173 Å². The molecule has 0 N–H and O–H groups in total. The number of hydrogen-bond donors (Lipinski definition) is 0. The molecular formula is C27H52. The lowest BCUT2D eigenvalue weighted by Crippen LogP contribution is -2.18. The van der Waals surface area contributed by atoms with Gasteiger partial charge in [-0.15, -0.1) is 0 Å². The van der Waals surface area contributed by atoms with E-state index < -0.39 is 0 Å². The summed E-state index contributed by atoms with van der Waals surface area (Å²) in [6, 6.07) is 0. The lowest BCUT2D eigenvalue weighted by atomic mass is 9.74. The highest BCUT2D eigenvalue weighted by molar-refractivity contribution is 5.14. The third-order valence-electron chi connectivity index (χ3n) is 5.72. The molecule has 27 heavy (non-hydrogen) atoms. The van der Waals surface area contributed by atoms with Crippen molar-refractivity contribution in [2.24, 2.45) is 23.2 Å². The van der Waals surface area contributed by atoms with E-state index in [-0.39, 0.29) is 5.41 Å². The van der Waals surface area contributed by atoms with E-state index in [1.165, 1.54) is 43.3 Å². The van der Waals surface area contributed by atoms with Crippen LogP contribution in [0.3, 0.4) is 0 Å². The Morgan fingerprint density at radius 3 is 2.19 bits per heavy atom. The summed E-state index contributed by atoms with van der Waals surface area (Å²) in [5, 5.41) is 0. The highest BCUT2D eigenvalue weighted by Crippen LogP contribution is 2.38. The zero-order chi connectivity index (χ0) is 21.6. The summed E-state index contributed by atoms with van der Waals surface area (Å²) in [7, 11) is 0. The Kier molecular flexibility index (Phi) is 16.0. The SMILES string of the molecule is C=C(CCC1C=C(C(C)C)CC(CC)C1)C(C)(C)CC=C(C)C.CC.CC. The molecule has 0 aromatic rings. The van der Waals surface area contributed by atoms with Crippen LogP contribution in [0.4, 0.5) is 0 Å². The molecule has 0 amide bonds. The third-order valence-corrected chi connectivity index (χ3v) is 5.72. The average Bonchev–Trinajstić information content (AvgIpc) is 2.67. The van der Waals surface area contributed by atoms with Crippen molar-refractivity contribution >= 4 is 0 Å². The zero-order valence-corrected chi connectivity index (χ0v) is 20.8. The first-order valence-electron chi connectivity index (χ1n) is 11.7. The lowest BCUT2D eigenvalue weighted by molar-refractivity contribution is 0.342. The third kappa shape index (κ3) is 11.6. The van der Waals surface area contributed by atoms with Crippen LogP contribution in [-0.4, -0.2) is 0 Å². The van der Waals surface area contributed by atoms with Gasteiger partial charge in [0.2, 0.25) is 0 Å². The molecule has 0 fully saturated rings. The highest BCUT2D eigenvalue weighted by atomic mass is 14.3. The van der Waals surface area contributed by atoms with Crippen molar-refractivity contribution in [2.75, 3.05) is 0 Å². The Hall–Kier alpha value is -0.780. The molecule has 0 aliphatic heterocycles. The maximum absolute atomic E-state index is 4.43. The van der Waals surface area contributed by atoms with Crippen LogP contribution in [0.1, 0.15) is 115 Å². The topological polar surface area (TPSA) is 0 Å². The standard InChI is InChI=1S/C23H40.2C2H6/c1-9-20-14-21(16-22(15-20)18(4)5)11-10-19(6)23(7,8)13-12-17(2)3;2*1-2/h12,16,18,20-21H,6,9-11,13-15H2,1-5,7-8H3;2*1-2H3. The fourth-order valence-electron chi connectivity index (χ4n) is 3.53. The monoisotopic (exact) mass is 376 g/mol. The van der Waals surface area contributed by atoms with Gasteiger partial charge in [-0.25, -0.2) is 0 Å². The van der Waals surface area contributed by atoms with Crippen molar-refractivity contribution in [3.63, 3.8) is 0 Å². The first-order chi connectivity index (χ1) is 12.7. The molecule has 160 valence electrons. The van der Waals surface area contributed by atoms with Crippen LogP contribution in [-0.2, 0) is 0 Å². The number of rotatable bonds is 8. The van der Waals surface area contributed by atoms with E-state index in [9.17, 15) is 0 Å². The summed E-state index contributed by atoms with van der Waals surface area (Å²) in [5.74, 6) is 2.38. The first-order valence-corrected chi connectivity index (χ1v) is 11.7. The molecule has 1 rings (SSSR count). The minimum Gasteiger partial charge on any atom is -0.0993 e. The van der Waals surface area contributed by atoms with Crippen molar-refractivity contribution in [3.05, 3.63) is 35.5 Å². The molecule has 0 heterocycles. The molecule has 2 unspecified atom stereocenters. The minimum atomic E-state index is 0.223. The Bertz CT molecular complexity index is 441. The van der Waals surface area contributed by atoms with Gasteiger partial charge in [-0.3, -0.25) is 0 Å². The van der Waals surface area contributed by atoms with Gasteiger partial charge in [-0.05, 0) is 69.1 Å². The summed E-state index contributed by atoms with van der Waals surface area (Å²) in [6.45, 7) is 28.5. The van der Waals surface area contributed by atoms with Crippen LogP contribution in [0.15, 0.2) is 35.5 Å². The Morgan fingerprint density at radius 1 is 1.19 bits per heavy atom. The maximum Gasteiger partial charge on any atom is -0.0113 e. The van der Waals surface area contributed by atoms with Gasteiger partial charge in [0.1, 0.15) is 0 Å². The van der Waals surface area contributed by atoms with Gasteiger partial charge in [0.05, 0.1) is 0 Å². The molecule has 1 aliphatic carbocycles. The van der Waals surface area contributed by atoms with E-state index in [1.807, 2.05) is 27.7 Å². The molecular weight excluding hydrogens is 324 g/mol. The van der Waals surface area contributed by atoms with E-state index in [0.717, 1.165) is 18.3 Å². The zero-order valence-electron chi connectivity index (χ0n) is 20.8. The molecule has 0 saturated carbocycles. The summed E-state index contributed by atoms with van der Waals surface area (Å²) in [4.78, 5) is 0.